The number of carbonyl (C=O) groups is 1. The molecule has 0 radical (unpaired) electrons. The number of anilines is 1. The summed E-state index contributed by atoms with van der Waals surface area (Å²) in [4.78, 5) is 16.6. The molecule has 4 nitrogen and oxygen atoms in total. The fourth-order valence-electron chi connectivity index (χ4n) is 2.95. The number of hydrogen-bond acceptors (Lipinski definition) is 3. The Morgan fingerprint density at radius 2 is 1.82 bits per heavy atom. The largest absolute Gasteiger partial charge is 0.396 e. The van der Waals surface area contributed by atoms with Crippen LogP contribution in [0.25, 0.3) is 0 Å². The van der Waals surface area contributed by atoms with Gasteiger partial charge in [0.05, 0.1) is 6.54 Å². The molecule has 0 aromatic heterocycles. The molecule has 22 heavy (non-hydrogen) atoms. The number of benzene rings is 1. The van der Waals surface area contributed by atoms with Crippen LogP contribution in [0, 0.1) is 6.92 Å². The molecule has 1 heterocycles. The van der Waals surface area contributed by atoms with Crippen molar-refractivity contribution in [3.63, 3.8) is 0 Å². The molecule has 1 N–H and O–H groups in total. The summed E-state index contributed by atoms with van der Waals surface area (Å²) in [6.45, 7) is 6.78. The van der Waals surface area contributed by atoms with Crippen LogP contribution in [0.1, 0.15) is 38.2 Å². The molecule has 1 aromatic rings. The zero-order valence-electron chi connectivity index (χ0n) is 13.8. The van der Waals surface area contributed by atoms with Gasteiger partial charge in [-0.3, -0.25) is 9.69 Å². The van der Waals surface area contributed by atoms with E-state index in [2.05, 4.69) is 30.9 Å². The molecule has 1 aliphatic heterocycles. The fraction of sp³-hybridized carbons (Fsp3) is 0.611. The monoisotopic (exact) mass is 304 g/mol. The molecule has 2 rings (SSSR count). The molecule has 1 aromatic carbocycles. The number of unbranched alkanes of at least 4 members (excludes halogenated alkanes) is 3. The standard InChI is InChI=1S/C18H28N2O2/c1-15-7-9-17(10-8-15)20-13-16(2)19(14-18(20)22)11-5-3-4-6-12-21/h7-10,16,21H,3-6,11-14H2,1-2H3/t16-/m1/s1. The number of piperazine rings is 1. The van der Waals surface area contributed by atoms with Crippen molar-refractivity contribution in [3.05, 3.63) is 29.8 Å². The van der Waals surface area contributed by atoms with Crippen LogP contribution >= 0.6 is 0 Å². The van der Waals surface area contributed by atoms with Crippen LogP contribution in [0.3, 0.4) is 0 Å². The Labute approximate surface area is 133 Å². The molecule has 1 saturated heterocycles. The first kappa shape index (κ1) is 17.0. The lowest BCUT2D eigenvalue weighted by Crippen LogP contribution is -2.55. The lowest BCUT2D eigenvalue weighted by Gasteiger charge is -2.39. The van der Waals surface area contributed by atoms with Crippen molar-refractivity contribution in [1.82, 2.24) is 4.90 Å². The van der Waals surface area contributed by atoms with Gasteiger partial charge in [0, 0.05) is 24.9 Å². The van der Waals surface area contributed by atoms with Crippen LogP contribution in [0.5, 0.6) is 0 Å². The summed E-state index contributed by atoms with van der Waals surface area (Å²) < 4.78 is 0. The summed E-state index contributed by atoms with van der Waals surface area (Å²) in [5.41, 5.74) is 2.22. The zero-order chi connectivity index (χ0) is 15.9. The summed E-state index contributed by atoms with van der Waals surface area (Å²) in [5, 5.41) is 8.79. The average molecular weight is 304 g/mol. The predicted octanol–water partition coefficient (Wildman–Crippen LogP) is 2.58. The van der Waals surface area contributed by atoms with Gasteiger partial charge in [-0.1, -0.05) is 30.5 Å². The summed E-state index contributed by atoms with van der Waals surface area (Å²) in [5.74, 6) is 0.192. The van der Waals surface area contributed by atoms with E-state index in [1.807, 2.05) is 17.0 Å². The van der Waals surface area contributed by atoms with Crippen molar-refractivity contribution in [2.24, 2.45) is 0 Å². The molecule has 0 bridgehead atoms. The van der Waals surface area contributed by atoms with Crippen molar-refractivity contribution in [2.45, 2.75) is 45.6 Å². The van der Waals surface area contributed by atoms with Gasteiger partial charge >= 0.3 is 0 Å². The Balaban J connectivity index is 1.86. The average Bonchev–Trinajstić information content (AvgIpc) is 2.51. The van der Waals surface area contributed by atoms with Crippen molar-refractivity contribution >= 4 is 11.6 Å². The molecular formula is C18H28N2O2. The van der Waals surface area contributed by atoms with E-state index in [-0.39, 0.29) is 12.5 Å². The van der Waals surface area contributed by atoms with Gasteiger partial charge in [-0.15, -0.1) is 0 Å². The molecule has 0 aliphatic carbocycles. The zero-order valence-corrected chi connectivity index (χ0v) is 13.8. The van der Waals surface area contributed by atoms with Crippen LogP contribution in [-0.4, -0.2) is 48.2 Å². The number of nitrogens with zero attached hydrogens (tertiary/aromatic N) is 2. The van der Waals surface area contributed by atoms with E-state index in [9.17, 15) is 4.79 Å². The molecule has 122 valence electrons. The van der Waals surface area contributed by atoms with Gasteiger partial charge in [-0.2, -0.15) is 0 Å². The predicted molar refractivity (Wildman–Crippen MR) is 90.1 cm³/mol. The highest BCUT2D eigenvalue weighted by atomic mass is 16.2. The van der Waals surface area contributed by atoms with Crippen molar-refractivity contribution in [2.75, 3.05) is 31.1 Å². The Bertz CT molecular complexity index is 472. The lowest BCUT2D eigenvalue weighted by atomic mass is 10.1. The Hall–Kier alpha value is -1.39. The second kappa shape index (κ2) is 8.30. The Kier molecular flexibility index (Phi) is 6.40. The molecule has 4 heteroatoms. The van der Waals surface area contributed by atoms with Gasteiger partial charge in [-0.25, -0.2) is 0 Å². The first-order valence-electron chi connectivity index (χ1n) is 8.33. The van der Waals surface area contributed by atoms with Gasteiger partial charge in [-0.05, 0) is 45.4 Å². The minimum atomic E-state index is 0.192. The summed E-state index contributed by atoms with van der Waals surface area (Å²) >= 11 is 0. The van der Waals surface area contributed by atoms with E-state index in [0.29, 0.717) is 12.6 Å². The maximum atomic E-state index is 12.4. The van der Waals surface area contributed by atoms with Crippen LogP contribution in [0.2, 0.25) is 0 Å². The highest BCUT2D eigenvalue weighted by molar-refractivity contribution is 5.95. The van der Waals surface area contributed by atoms with Gasteiger partial charge in [0.25, 0.3) is 0 Å². The molecule has 1 atom stereocenters. The van der Waals surface area contributed by atoms with Gasteiger partial charge in [0.1, 0.15) is 0 Å². The fourth-order valence-corrected chi connectivity index (χ4v) is 2.95. The van der Waals surface area contributed by atoms with Crippen LogP contribution in [-0.2, 0) is 4.79 Å². The first-order valence-corrected chi connectivity index (χ1v) is 8.33. The lowest BCUT2D eigenvalue weighted by molar-refractivity contribution is -0.122. The third-order valence-electron chi connectivity index (χ3n) is 4.41. The van der Waals surface area contributed by atoms with Crippen LogP contribution in [0.15, 0.2) is 24.3 Å². The second-order valence-corrected chi connectivity index (χ2v) is 6.30. The molecular weight excluding hydrogens is 276 g/mol. The minimum Gasteiger partial charge on any atom is -0.396 e. The van der Waals surface area contributed by atoms with E-state index >= 15 is 0 Å². The Morgan fingerprint density at radius 1 is 1.14 bits per heavy atom. The van der Waals surface area contributed by atoms with E-state index in [1.165, 1.54) is 5.56 Å². The normalized spacial score (nSPS) is 19.7. The second-order valence-electron chi connectivity index (χ2n) is 6.30. The van der Waals surface area contributed by atoms with Crippen LogP contribution in [0.4, 0.5) is 5.69 Å². The van der Waals surface area contributed by atoms with E-state index in [0.717, 1.165) is 44.5 Å². The number of aliphatic hydroxyl groups excluding tert-OH is 1. The number of aryl methyl sites for hydroxylation is 1. The first-order chi connectivity index (χ1) is 10.6. The number of hydrogen-bond donors (Lipinski definition) is 1. The van der Waals surface area contributed by atoms with Crippen molar-refractivity contribution in [1.29, 1.82) is 0 Å². The minimum absolute atomic E-state index is 0.192. The quantitative estimate of drug-likeness (QED) is 0.788. The topological polar surface area (TPSA) is 43.8 Å². The number of rotatable bonds is 7. The maximum Gasteiger partial charge on any atom is 0.241 e. The highest BCUT2D eigenvalue weighted by Crippen LogP contribution is 2.21. The van der Waals surface area contributed by atoms with Gasteiger partial charge < -0.3 is 10.0 Å². The third-order valence-corrected chi connectivity index (χ3v) is 4.41. The molecule has 1 fully saturated rings. The molecule has 1 aliphatic rings. The van der Waals surface area contributed by atoms with Crippen molar-refractivity contribution < 1.29 is 9.90 Å². The molecule has 0 saturated carbocycles. The summed E-state index contributed by atoms with van der Waals surface area (Å²) in [7, 11) is 0. The van der Waals surface area contributed by atoms with E-state index < -0.39 is 0 Å². The molecule has 1 amide bonds. The number of aliphatic hydroxyl groups is 1. The smallest absolute Gasteiger partial charge is 0.241 e. The summed E-state index contributed by atoms with van der Waals surface area (Å²) in [6, 6.07) is 8.56. The third kappa shape index (κ3) is 4.55. The highest BCUT2D eigenvalue weighted by Gasteiger charge is 2.29. The number of amides is 1. The molecule has 0 spiro atoms. The molecule has 0 unspecified atom stereocenters. The van der Waals surface area contributed by atoms with E-state index in [1.54, 1.807) is 0 Å². The van der Waals surface area contributed by atoms with Crippen molar-refractivity contribution in [3.8, 4) is 0 Å². The maximum absolute atomic E-state index is 12.4. The van der Waals surface area contributed by atoms with Crippen LogP contribution < -0.4 is 4.90 Å². The number of carbonyl (C=O) groups excluding carboxylic acids is 1. The SMILES string of the molecule is Cc1ccc(N2C[C@@H](C)N(CCCCCCO)CC2=O)cc1. The van der Waals surface area contributed by atoms with E-state index in [4.69, 9.17) is 5.11 Å². The summed E-state index contributed by atoms with van der Waals surface area (Å²) in [6.07, 6.45) is 4.18. The van der Waals surface area contributed by atoms with Gasteiger partial charge in [0.15, 0.2) is 0 Å². The Morgan fingerprint density at radius 3 is 2.50 bits per heavy atom. The van der Waals surface area contributed by atoms with Gasteiger partial charge in [0.2, 0.25) is 5.91 Å².